The zero-order chi connectivity index (χ0) is 15.7. The molecular formula is C15H15FN2O4. The molecule has 0 aliphatic carbocycles. The SMILES string of the molecule is NC(=O)N1CCCC1COC(=O)c1cc2cccc(F)c2o1. The van der Waals surface area contributed by atoms with Crippen LogP contribution in [0.5, 0.6) is 0 Å². The van der Waals surface area contributed by atoms with Gasteiger partial charge < -0.3 is 19.8 Å². The van der Waals surface area contributed by atoms with Crippen molar-refractivity contribution in [2.45, 2.75) is 18.9 Å². The minimum atomic E-state index is -0.688. The number of amides is 2. The van der Waals surface area contributed by atoms with E-state index >= 15 is 0 Å². The largest absolute Gasteiger partial charge is 0.458 e. The summed E-state index contributed by atoms with van der Waals surface area (Å²) in [6.07, 6.45) is 1.55. The van der Waals surface area contributed by atoms with Gasteiger partial charge in [0.15, 0.2) is 11.4 Å². The number of hydrogen-bond acceptors (Lipinski definition) is 4. The molecule has 1 saturated heterocycles. The maximum atomic E-state index is 13.5. The fraction of sp³-hybridized carbons (Fsp3) is 0.333. The standard InChI is InChI=1S/C15H15FN2O4/c16-11-5-1-3-9-7-12(22-13(9)11)14(19)21-8-10-4-2-6-18(10)15(17)20/h1,3,5,7,10H,2,4,6,8H2,(H2,17,20). The molecule has 7 heteroatoms. The molecule has 116 valence electrons. The van der Waals surface area contributed by atoms with Gasteiger partial charge in [0.05, 0.1) is 6.04 Å². The van der Waals surface area contributed by atoms with Crippen molar-refractivity contribution < 1.29 is 23.1 Å². The molecular weight excluding hydrogens is 291 g/mol. The summed E-state index contributed by atoms with van der Waals surface area (Å²) in [6, 6.07) is 5.12. The molecule has 1 aromatic heterocycles. The monoisotopic (exact) mass is 306 g/mol. The first-order valence-corrected chi connectivity index (χ1v) is 6.97. The maximum absolute atomic E-state index is 13.5. The average Bonchev–Trinajstić information content (AvgIpc) is 3.12. The summed E-state index contributed by atoms with van der Waals surface area (Å²) >= 11 is 0. The van der Waals surface area contributed by atoms with E-state index in [1.807, 2.05) is 0 Å². The van der Waals surface area contributed by atoms with E-state index in [0.29, 0.717) is 11.9 Å². The summed E-state index contributed by atoms with van der Waals surface area (Å²) in [5.41, 5.74) is 5.28. The number of carbonyl (C=O) groups is 2. The number of rotatable bonds is 3. The normalized spacial score (nSPS) is 17.9. The van der Waals surface area contributed by atoms with E-state index in [2.05, 4.69) is 0 Å². The predicted molar refractivity (Wildman–Crippen MR) is 75.8 cm³/mol. The lowest BCUT2D eigenvalue weighted by Crippen LogP contribution is -2.41. The molecule has 0 saturated carbocycles. The van der Waals surface area contributed by atoms with Crippen LogP contribution in [0, 0.1) is 5.82 Å². The highest BCUT2D eigenvalue weighted by molar-refractivity contribution is 5.92. The minimum absolute atomic E-state index is 0.0223. The molecule has 2 N–H and O–H groups in total. The van der Waals surface area contributed by atoms with E-state index in [-0.39, 0.29) is 24.0 Å². The smallest absolute Gasteiger partial charge is 0.374 e. The second-order valence-electron chi connectivity index (χ2n) is 5.19. The molecule has 6 nitrogen and oxygen atoms in total. The van der Waals surface area contributed by atoms with Crippen molar-refractivity contribution in [1.82, 2.24) is 4.90 Å². The fourth-order valence-corrected chi connectivity index (χ4v) is 2.67. The second kappa shape index (κ2) is 5.67. The van der Waals surface area contributed by atoms with Crippen LogP contribution in [0.25, 0.3) is 11.0 Å². The molecule has 1 aromatic carbocycles. The molecule has 1 atom stereocenters. The first-order chi connectivity index (χ1) is 10.6. The van der Waals surface area contributed by atoms with Crippen molar-refractivity contribution in [2.75, 3.05) is 13.2 Å². The summed E-state index contributed by atoms with van der Waals surface area (Å²) in [5, 5.41) is 0.492. The topological polar surface area (TPSA) is 85.8 Å². The van der Waals surface area contributed by atoms with E-state index in [9.17, 15) is 14.0 Å². The molecule has 1 unspecified atom stereocenters. The molecule has 0 bridgehead atoms. The van der Waals surface area contributed by atoms with Gasteiger partial charge in [-0.05, 0) is 25.0 Å². The quantitative estimate of drug-likeness (QED) is 0.881. The number of urea groups is 1. The van der Waals surface area contributed by atoms with Crippen LogP contribution in [-0.2, 0) is 4.74 Å². The number of fused-ring (bicyclic) bond motifs is 1. The molecule has 0 spiro atoms. The van der Waals surface area contributed by atoms with Crippen molar-refractivity contribution in [3.63, 3.8) is 0 Å². The third-order valence-electron chi connectivity index (χ3n) is 3.76. The summed E-state index contributed by atoms with van der Waals surface area (Å²) in [4.78, 5) is 24.7. The van der Waals surface area contributed by atoms with E-state index in [1.165, 1.54) is 23.1 Å². The minimum Gasteiger partial charge on any atom is -0.458 e. The van der Waals surface area contributed by atoms with Gasteiger partial charge in [-0.3, -0.25) is 0 Å². The van der Waals surface area contributed by atoms with Crippen LogP contribution in [0.4, 0.5) is 9.18 Å². The zero-order valence-corrected chi connectivity index (χ0v) is 11.8. The maximum Gasteiger partial charge on any atom is 0.374 e. The Morgan fingerprint density at radius 2 is 2.27 bits per heavy atom. The highest BCUT2D eigenvalue weighted by atomic mass is 19.1. The highest BCUT2D eigenvalue weighted by Gasteiger charge is 2.28. The zero-order valence-electron chi connectivity index (χ0n) is 11.8. The van der Waals surface area contributed by atoms with Gasteiger partial charge in [0, 0.05) is 11.9 Å². The lowest BCUT2D eigenvalue weighted by atomic mass is 10.2. The predicted octanol–water partition coefficient (Wildman–Crippen LogP) is 2.27. The van der Waals surface area contributed by atoms with Gasteiger partial charge in [-0.2, -0.15) is 0 Å². The van der Waals surface area contributed by atoms with Crippen LogP contribution in [0.3, 0.4) is 0 Å². The number of para-hydroxylation sites is 1. The van der Waals surface area contributed by atoms with Gasteiger partial charge in [-0.15, -0.1) is 0 Å². The summed E-state index contributed by atoms with van der Waals surface area (Å²) in [7, 11) is 0. The summed E-state index contributed by atoms with van der Waals surface area (Å²) < 4.78 is 23.9. The molecule has 1 aliphatic rings. The number of benzene rings is 1. The highest BCUT2D eigenvalue weighted by Crippen LogP contribution is 2.23. The van der Waals surface area contributed by atoms with E-state index in [0.717, 1.165) is 12.8 Å². The van der Waals surface area contributed by atoms with Crippen molar-refractivity contribution in [3.05, 3.63) is 35.8 Å². The number of primary amides is 1. The Labute approximate surface area is 125 Å². The Kier molecular flexibility index (Phi) is 3.70. The Morgan fingerprint density at radius 1 is 1.45 bits per heavy atom. The van der Waals surface area contributed by atoms with Crippen LogP contribution in [0.2, 0.25) is 0 Å². The third kappa shape index (κ3) is 2.61. The van der Waals surface area contributed by atoms with Crippen molar-refractivity contribution in [3.8, 4) is 0 Å². The second-order valence-corrected chi connectivity index (χ2v) is 5.19. The van der Waals surface area contributed by atoms with Gasteiger partial charge in [0.25, 0.3) is 0 Å². The Bertz CT molecular complexity index is 727. The van der Waals surface area contributed by atoms with Crippen LogP contribution in [-0.4, -0.2) is 36.1 Å². The Hall–Kier alpha value is -2.57. The molecule has 22 heavy (non-hydrogen) atoms. The van der Waals surface area contributed by atoms with Gasteiger partial charge in [-0.25, -0.2) is 14.0 Å². The number of carbonyl (C=O) groups excluding carboxylic acids is 2. The third-order valence-corrected chi connectivity index (χ3v) is 3.76. The molecule has 2 heterocycles. The van der Waals surface area contributed by atoms with Crippen LogP contribution >= 0.6 is 0 Å². The van der Waals surface area contributed by atoms with E-state index < -0.39 is 17.8 Å². The van der Waals surface area contributed by atoms with Gasteiger partial charge in [0.1, 0.15) is 6.61 Å². The Morgan fingerprint density at radius 3 is 3.00 bits per heavy atom. The van der Waals surface area contributed by atoms with E-state index in [1.54, 1.807) is 6.07 Å². The molecule has 1 aliphatic heterocycles. The van der Waals surface area contributed by atoms with Crippen molar-refractivity contribution in [1.29, 1.82) is 0 Å². The fourth-order valence-electron chi connectivity index (χ4n) is 2.67. The number of nitrogens with zero attached hydrogens (tertiary/aromatic N) is 1. The van der Waals surface area contributed by atoms with Gasteiger partial charge in [0.2, 0.25) is 5.76 Å². The number of ether oxygens (including phenoxy) is 1. The lowest BCUT2D eigenvalue weighted by Gasteiger charge is -2.21. The number of halogens is 1. The molecule has 2 amide bonds. The first-order valence-electron chi connectivity index (χ1n) is 6.97. The number of esters is 1. The molecule has 1 fully saturated rings. The molecule has 2 aromatic rings. The van der Waals surface area contributed by atoms with Gasteiger partial charge >= 0.3 is 12.0 Å². The van der Waals surface area contributed by atoms with Crippen molar-refractivity contribution >= 4 is 23.0 Å². The summed E-state index contributed by atoms with van der Waals surface area (Å²) in [5.74, 6) is -1.29. The molecule has 3 rings (SSSR count). The van der Waals surface area contributed by atoms with Crippen molar-refractivity contribution in [2.24, 2.45) is 5.73 Å². The number of hydrogen-bond donors (Lipinski definition) is 1. The van der Waals surface area contributed by atoms with Crippen LogP contribution < -0.4 is 5.73 Å². The lowest BCUT2D eigenvalue weighted by molar-refractivity contribution is 0.0389. The first kappa shape index (κ1) is 14.4. The Balaban J connectivity index is 1.68. The average molecular weight is 306 g/mol. The van der Waals surface area contributed by atoms with Crippen LogP contribution in [0.15, 0.2) is 28.7 Å². The number of furan rings is 1. The molecule has 0 radical (unpaired) electrons. The number of nitrogens with two attached hydrogens (primary N) is 1. The summed E-state index contributed by atoms with van der Waals surface area (Å²) in [6.45, 7) is 0.606. The number of likely N-dealkylation sites (tertiary alicyclic amines) is 1. The van der Waals surface area contributed by atoms with E-state index in [4.69, 9.17) is 14.9 Å². The van der Waals surface area contributed by atoms with Gasteiger partial charge in [-0.1, -0.05) is 12.1 Å². The van der Waals surface area contributed by atoms with Crippen LogP contribution in [0.1, 0.15) is 23.4 Å².